The lowest BCUT2D eigenvalue weighted by Gasteiger charge is -2.15. The van der Waals surface area contributed by atoms with E-state index in [0.29, 0.717) is 23.4 Å². The van der Waals surface area contributed by atoms with E-state index in [4.69, 9.17) is 0 Å². The second-order valence-corrected chi connectivity index (χ2v) is 6.94. The summed E-state index contributed by atoms with van der Waals surface area (Å²) in [4.78, 5) is 19.8. The van der Waals surface area contributed by atoms with E-state index < -0.39 is 0 Å². The molecule has 1 saturated heterocycles. The highest BCUT2D eigenvalue weighted by atomic mass is 16.3. The highest BCUT2D eigenvalue weighted by molar-refractivity contribution is 6.07. The molecule has 0 bridgehead atoms. The predicted octanol–water partition coefficient (Wildman–Crippen LogP) is 2.46. The number of rotatable bonds is 5. The number of benzene rings is 1. The fraction of sp³-hybridized carbons (Fsp3) is 0.350. The Kier molecular flexibility index (Phi) is 4.77. The van der Waals surface area contributed by atoms with Gasteiger partial charge in [0.2, 0.25) is 0 Å². The number of aromatic amines is 1. The van der Waals surface area contributed by atoms with Gasteiger partial charge in [0.15, 0.2) is 5.65 Å². The average Bonchev–Trinajstić information content (AvgIpc) is 3.32. The number of fused-ring (bicyclic) bond motifs is 1. The van der Waals surface area contributed by atoms with E-state index >= 15 is 0 Å². The third-order valence-electron chi connectivity index (χ3n) is 5.03. The molecule has 0 aliphatic carbocycles. The number of nitrogens with one attached hydrogen (secondary N) is 2. The normalized spacial score (nSPS) is 14.7. The van der Waals surface area contributed by atoms with Crippen molar-refractivity contribution in [3.05, 3.63) is 41.6 Å². The van der Waals surface area contributed by atoms with Crippen LogP contribution in [0.15, 0.2) is 30.3 Å². The van der Waals surface area contributed by atoms with Gasteiger partial charge in [-0.2, -0.15) is 5.10 Å². The molecule has 2 aromatic heterocycles. The van der Waals surface area contributed by atoms with Gasteiger partial charge < -0.3 is 15.3 Å². The molecule has 3 aromatic rings. The lowest BCUT2D eigenvalue weighted by atomic mass is 10.0. The molecule has 0 radical (unpaired) electrons. The third kappa shape index (κ3) is 3.64. The monoisotopic (exact) mass is 365 g/mol. The highest BCUT2D eigenvalue weighted by Gasteiger charge is 2.18. The van der Waals surface area contributed by atoms with Crippen molar-refractivity contribution in [2.75, 3.05) is 26.2 Å². The lowest BCUT2D eigenvalue weighted by Crippen LogP contribution is -2.33. The van der Waals surface area contributed by atoms with Crippen molar-refractivity contribution in [2.24, 2.45) is 0 Å². The fourth-order valence-corrected chi connectivity index (χ4v) is 3.57. The molecule has 1 amide bonds. The Morgan fingerprint density at radius 2 is 2.00 bits per heavy atom. The summed E-state index contributed by atoms with van der Waals surface area (Å²) in [6.45, 7) is 5.58. The highest BCUT2D eigenvalue weighted by Crippen LogP contribution is 2.26. The summed E-state index contributed by atoms with van der Waals surface area (Å²) in [5.74, 6) is 0.0724. The predicted molar refractivity (Wildman–Crippen MR) is 104 cm³/mol. The average molecular weight is 365 g/mol. The van der Waals surface area contributed by atoms with E-state index in [2.05, 4.69) is 25.4 Å². The number of pyridine rings is 1. The van der Waals surface area contributed by atoms with Crippen LogP contribution >= 0.6 is 0 Å². The van der Waals surface area contributed by atoms with E-state index in [0.717, 1.165) is 36.3 Å². The number of phenols is 1. The largest absolute Gasteiger partial charge is 0.508 e. The number of nitrogens with zero attached hydrogens (tertiary/aromatic N) is 3. The Hall–Kier alpha value is -2.93. The zero-order valence-corrected chi connectivity index (χ0v) is 15.3. The first-order valence-corrected chi connectivity index (χ1v) is 9.27. The minimum atomic E-state index is -0.119. The maximum atomic E-state index is 12.9. The van der Waals surface area contributed by atoms with E-state index in [1.54, 1.807) is 30.3 Å². The standard InChI is InChI=1S/C20H23N5O2/c1-13-18-16(20(27)21-8-11-25-9-2-3-10-25)12-17(22-19(18)24-23-13)14-4-6-15(26)7-5-14/h4-7,12,26H,2-3,8-11H2,1H3,(H,21,27)(H,22,23,24). The second kappa shape index (κ2) is 7.36. The summed E-state index contributed by atoms with van der Waals surface area (Å²) in [5.41, 5.74) is 3.39. The maximum Gasteiger partial charge on any atom is 0.252 e. The van der Waals surface area contributed by atoms with Crippen molar-refractivity contribution >= 4 is 16.9 Å². The first-order chi connectivity index (χ1) is 13.1. The van der Waals surface area contributed by atoms with Gasteiger partial charge in [0.05, 0.1) is 22.3 Å². The summed E-state index contributed by atoms with van der Waals surface area (Å²) in [7, 11) is 0. The molecule has 1 fully saturated rings. The number of hydrogen-bond donors (Lipinski definition) is 3. The van der Waals surface area contributed by atoms with Crippen LogP contribution in [0, 0.1) is 6.92 Å². The molecular weight excluding hydrogens is 342 g/mol. The van der Waals surface area contributed by atoms with Gasteiger partial charge in [0, 0.05) is 18.7 Å². The molecule has 1 aliphatic heterocycles. The lowest BCUT2D eigenvalue weighted by molar-refractivity contribution is 0.0951. The Morgan fingerprint density at radius 1 is 1.26 bits per heavy atom. The number of amides is 1. The minimum Gasteiger partial charge on any atom is -0.508 e. The number of H-pyrrole nitrogens is 1. The summed E-state index contributed by atoms with van der Waals surface area (Å²) < 4.78 is 0. The van der Waals surface area contributed by atoms with Gasteiger partial charge in [-0.15, -0.1) is 0 Å². The topological polar surface area (TPSA) is 94.1 Å². The van der Waals surface area contributed by atoms with Gasteiger partial charge in [-0.05, 0) is 63.2 Å². The second-order valence-electron chi connectivity index (χ2n) is 6.94. The van der Waals surface area contributed by atoms with Crippen molar-refractivity contribution in [3.8, 4) is 17.0 Å². The van der Waals surface area contributed by atoms with Crippen molar-refractivity contribution < 1.29 is 9.90 Å². The Labute approximate surface area is 157 Å². The molecule has 1 aromatic carbocycles. The summed E-state index contributed by atoms with van der Waals surface area (Å²) in [6, 6.07) is 8.57. The number of carbonyl (C=O) groups is 1. The van der Waals surface area contributed by atoms with Gasteiger partial charge in [-0.1, -0.05) is 0 Å². The molecule has 3 N–H and O–H groups in total. The summed E-state index contributed by atoms with van der Waals surface area (Å²) in [6.07, 6.45) is 2.48. The van der Waals surface area contributed by atoms with E-state index in [-0.39, 0.29) is 11.7 Å². The van der Waals surface area contributed by atoms with Crippen molar-refractivity contribution in [3.63, 3.8) is 0 Å². The molecule has 4 rings (SSSR count). The molecular formula is C20H23N5O2. The van der Waals surface area contributed by atoms with Crippen LogP contribution in [-0.4, -0.2) is 57.3 Å². The molecule has 0 atom stereocenters. The Bertz CT molecular complexity index is 958. The van der Waals surface area contributed by atoms with Gasteiger partial charge in [0.25, 0.3) is 5.91 Å². The molecule has 0 unspecified atom stereocenters. The Balaban J connectivity index is 1.62. The van der Waals surface area contributed by atoms with E-state index in [1.165, 1.54) is 12.8 Å². The van der Waals surface area contributed by atoms with Gasteiger partial charge >= 0.3 is 0 Å². The summed E-state index contributed by atoms with van der Waals surface area (Å²) in [5, 5.41) is 20.4. The molecule has 3 heterocycles. The first kappa shape index (κ1) is 17.5. The minimum absolute atomic E-state index is 0.119. The number of likely N-dealkylation sites (tertiary alicyclic amines) is 1. The molecule has 0 saturated carbocycles. The van der Waals surface area contributed by atoms with Crippen molar-refractivity contribution in [2.45, 2.75) is 19.8 Å². The first-order valence-electron chi connectivity index (χ1n) is 9.27. The van der Waals surface area contributed by atoms with E-state index in [1.807, 2.05) is 6.92 Å². The molecule has 7 heteroatoms. The number of aromatic nitrogens is 3. The van der Waals surface area contributed by atoms with Crippen LogP contribution < -0.4 is 5.32 Å². The number of phenolic OH excluding ortho intramolecular Hbond substituents is 1. The zero-order chi connectivity index (χ0) is 18.8. The Morgan fingerprint density at radius 3 is 2.74 bits per heavy atom. The molecule has 27 heavy (non-hydrogen) atoms. The van der Waals surface area contributed by atoms with Crippen molar-refractivity contribution in [1.29, 1.82) is 0 Å². The smallest absolute Gasteiger partial charge is 0.252 e. The molecule has 7 nitrogen and oxygen atoms in total. The van der Waals surface area contributed by atoms with Crippen LogP contribution in [0.3, 0.4) is 0 Å². The van der Waals surface area contributed by atoms with Crippen LogP contribution in [0.2, 0.25) is 0 Å². The van der Waals surface area contributed by atoms with Crippen LogP contribution in [-0.2, 0) is 0 Å². The van der Waals surface area contributed by atoms with Gasteiger partial charge in [-0.25, -0.2) is 4.98 Å². The SMILES string of the molecule is Cc1n[nH]c2nc(-c3ccc(O)cc3)cc(C(=O)NCCN3CCCC3)c12. The van der Waals surface area contributed by atoms with Gasteiger partial charge in [0.1, 0.15) is 5.75 Å². The number of aromatic hydroxyl groups is 1. The number of hydrogen-bond acceptors (Lipinski definition) is 5. The van der Waals surface area contributed by atoms with Crippen molar-refractivity contribution in [1.82, 2.24) is 25.4 Å². The maximum absolute atomic E-state index is 12.9. The van der Waals surface area contributed by atoms with Crippen LogP contribution in [0.5, 0.6) is 5.75 Å². The number of aryl methyl sites for hydroxylation is 1. The van der Waals surface area contributed by atoms with Crippen LogP contribution in [0.1, 0.15) is 28.9 Å². The van der Waals surface area contributed by atoms with E-state index in [9.17, 15) is 9.90 Å². The zero-order valence-electron chi connectivity index (χ0n) is 15.3. The summed E-state index contributed by atoms with van der Waals surface area (Å²) >= 11 is 0. The molecule has 1 aliphatic rings. The fourth-order valence-electron chi connectivity index (χ4n) is 3.57. The quantitative estimate of drug-likeness (QED) is 0.646. The molecule has 0 spiro atoms. The van der Waals surface area contributed by atoms with Crippen LogP contribution in [0.4, 0.5) is 0 Å². The number of carbonyl (C=O) groups excluding carboxylic acids is 1. The molecule has 140 valence electrons. The van der Waals surface area contributed by atoms with Crippen LogP contribution in [0.25, 0.3) is 22.3 Å². The van der Waals surface area contributed by atoms with Gasteiger partial charge in [-0.3, -0.25) is 9.89 Å². The third-order valence-corrected chi connectivity index (χ3v) is 5.03.